The number of aromatic nitrogens is 2. The van der Waals surface area contributed by atoms with E-state index in [-0.39, 0.29) is 5.78 Å². The lowest BCUT2D eigenvalue weighted by atomic mass is 10.3. The summed E-state index contributed by atoms with van der Waals surface area (Å²) in [6.07, 6.45) is 0. The SMILES string of the molecule is COc1ccc(N=c2sc(=S)n(-c3ccccc3)nc2C(C)=O)cc1. The Morgan fingerprint density at radius 2 is 1.84 bits per heavy atom. The average molecular weight is 369 g/mol. The van der Waals surface area contributed by atoms with Crippen molar-refractivity contribution in [2.75, 3.05) is 7.11 Å². The van der Waals surface area contributed by atoms with Gasteiger partial charge in [0.05, 0.1) is 18.5 Å². The number of hydrogen-bond donors (Lipinski definition) is 0. The molecule has 0 saturated heterocycles. The van der Waals surface area contributed by atoms with Gasteiger partial charge in [0.15, 0.2) is 20.1 Å². The molecule has 2 aromatic carbocycles. The Hall–Kier alpha value is -2.64. The first kappa shape index (κ1) is 17.2. The van der Waals surface area contributed by atoms with Gasteiger partial charge in [-0.25, -0.2) is 9.67 Å². The summed E-state index contributed by atoms with van der Waals surface area (Å²) in [6.45, 7) is 1.47. The predicted octanol–water partition coefficient (Wildman–Crippen LogP) is 4.11. The van der Waals surface area contributed by atoms with Gasteiger partial charge in [-0.2, -0.15) is 5.10 Å². The summed E-state index contributed by atoms with van der Waals surface area (Å²) < 4.78 is 7.74. The second kappa shape index (κ2) is 7.50. The molecule has 3 aromatic rings. The maximum atomic E-state index is 12.1. The first-order chi connectivity index (χ1) is 12.1. The third-order valence-electron chi connectivity index (χ3n) is 3.40. The van der Waals surface area contributed by atoms with Crippen molar-refractivity contribution in [3.8, 4) is 11.4 Å². The number of Topliss-reactive ketones (excluding diaryl/α,β-unsaturated/α-hetero) is 1. The molecule has 0 N–H and O–H groups in total. The van der Waals surface area contributed by atoms with Gasteiger partial charge < -0.3 is 4.74 Å². The van der Waals surface area contributed by atoms with Crippen LogP contribution in [0.3, 0.4) is 0 Å². The normalized spacial score (nSPS) is 11.4. The molecule has 0 unspecified atom stereocenters. The number of nitrogens with zero attached hydrogens (tertiary/aromatic N) is 3. The lowest BCUT2D eigenvalue weighted by Gasteiger charge is -2.07. The summed E-state index contributed by atoms with van der Waals surface area (Å²) in [4.78, 5) is 16.6. The van der Waals surface area contributed by atoms with Gasteiger partial charge in [-0.15, -0.1) is 0 Å². The van der Waals surface area contributed by atoms with E-state index >= 15 is 0 Å². The lowest BCUT2D eigenvalue weighted by molar-refractivity contribution is 0.101. The molecule has 0 amide bonds. The molecule has 0 atom stereocenters. The fourth-order valence-corrected chi connectivity index (χ4v) is 3.37. The molecule has 0 saturated carbocycles. The van der Waals surface area contributed by atoms with E-state index in [2.05, 4.69) is 10.1 Å². The largest absolute Gasteiger partial charge is 0.497 e. The van der Waals surface area contributed by atoms with Gasteiger partial charge in [0.2, 0.25) is 0 Å². The van der Waals surface area contributed by atoms with Gasteiger partial charge in [0, 0.05) is 6.92 Å². The van der Waals surface area contributed by atoms with Crippen LogP contribution in [0.4, 0.5) is 5.69 Å². The molecule has 25 heavy (non-hydrogen) atoms. The highest BCUT2D eigenvalue weighted by Crippen LogP contribution is 2.17. The number of carbonyl (C=O) groups excluding carboxylic acids is 1. The molecule has 0 spiro atoms. The van der Waals surface area contributed by atoms with E-state index in [1.165, 1.54) is 18.3 Å². The van der Waals surface area contributed by atoms with Crippen LogP contribution < -0.4 is 9.41 Å². The Balaban J connectivity index is 2.17. The highest BCUT2D eigenvalue weighted by Gasteiger charge is 2.10. The van der Waals surface area contributed by atoms with Crippen LogP contribution in [0.15, 0.2) is 59.6 Å². The maximum absolute atomic E-state index is 12.1. The highest BCUT2D eigenvalue weighted by atomic mass is 32.1. The zero-order valence-electron chi connectivity index (χ0n) is 13.7. The van der Waals surface area contributed by atoms with Crippen LogP contribution in [0.5, 0.6) is 5.75 Å². The fraction of sp³-hybridized carbons (Fsp3) is 0.111. The zero-order chi connectivity index (χ0) is 17.8. The maximum Gasteiger partial charge on any atom is 0.184 e. The molecule has 0 aliphatic rings. The number of methoxy groups -OCH3 is 1. The van der Waals surface area contributed by atoms with Crippen LogP contribution >= 0.6 is 23.6 Å². The minimum atomic E-state index is -0.164. The number of ketones is 1. The van der Waals surface area contributed by atoms with Crippen LogP contribution in [-0.4, -0.2) is 22.7 Å². The molecule has 7 heteroatoms. The van der Waals surface area contributed by atoms with Crippen LogP contribution in [0.25, 0.3) is 5.69 Å². The molecular weight excluding hydrogens is 354 g/mol. The molecule has 0 aliphatic heterocycles. The highest BCUT2D eigenvalue weighted by molar-refractivity contribution is 7.73. The molecule has 5 nitrogen and oxygen atoms in total. The second-order valence-electron chi connectivity index (χ2n) is 5.14. The van der Waals surface area contributed by atoms with Crippen molar-refractivity contribution in [2.45, 2.75) is 6.92 Å². The Morgan fingerprint density at radius 1 is 1.16 bits per heavy atom. The summed E-state index contributed by atoms with van der Waals surface area (Å²) in [5.74, 6) is 0.578. The van der Waals surface area contributed by atoms with Crippen molar-refractivity contribution < 1.29 is 9.53 Å². The van der Waals surface area contributed by atoms with Crippen molar-refractivity contribution in [1.29, 1.82) is 0 Å². The molecule has 0 fully saturated rings. The zero-order valence-corrected chi connectivity index (χ0v) is 15.3. The number of carbonyl (C=O) groups is 1. The number of hydrogen-bond acceptors (Lipinski definition) is 6. The predicted molar refractivity (Wildman–Crippen MR) is 100 cm³/mol. The molecule has 1 aromatic heterocycles. The van der Waals surface area contributed by atoms with Crippen molar-refractivity contribution in [3.63, 3.8) is 0 Å². The van der Waals surface area contributed by atoms with E-state index in [0.717, 1.165) is 11.4 Å². The standard InChI is InChI=1S/C18H15N3O2S2/c1-12(22)16-17(19-13-8-10-15(23-2)11-9-13)25-18(24)21(20-16)14-6-4-3-5-7-14/h3-11H,1-2H3. The number of benzene rings is 2. The van der Waals surface area contributed by atoms with Crippen molar-refractivity contribution in [2.24, 2.45) is 4.99 Å². The lowest BCUT2D eigenvalue weighted by Crippen LogP contribution is -2.19. The topological polar surface area (TPSA) is 56.5 Å². The molecule has 3 rings (SSSR count). The molecule has 0 radical (unpaired) electrons. The molecule has 126 valence electrons. The van der Waals surface area contributed by atoms with Gasteiger partial charge in [-0.1, -0.05) is 29.5 Å². The van der Waals surface area contributed by atoms with E-state index < -0.39 is 0 Å². The first-order valence-corrected chi connectivity index (χ1v) is 8.70. The Kier molecular flexibility index (Phi) is 5.16. The van der Waals surface area contributed by atoms with Crippen LogP contribution in [0.1, 0.15) is 17.4 Å². The minimum absolute atomic E-state index is 0.164. The van der Waals surface area contributed by atoms with Crippen molar-refractivity contribution >= 4 is 35.0 Å². The van der Waals surface area contributed by atoms with E-state index in [0.29, 0.717) is 20.0 Å². The summed E-state index contributed by atoms with van der Waals surface area (Å²) in [5.41, 5.74) is 1.80. The minimum Gasteiger partial charge on any atom is -0.497 e. The van der Waals surface area contributed by atoms with E-state index in [1.807, 2.05) is 54.6 Å². The first-order valence-electron chi connectivity index (χ1n) is 7.48. The Morgan fingerprint density at radius 3 is 2.44 bits per heavy atom. The van der Waals surface area contributed by atoms with Gasteiger partial charge >= 0.3 is 0 Å². The Bertz CT molecular complexity index is 1020. The van der Waals surface area contributed by atoms with Crippen molar-refractivity contribution in [1.82, 2.24) is 9.78 Å². The van der Waals surface area contributed by atoms with Gasteiger partial charge in [-0.05, 0) is 48.6 Å². The summed E-state index contributed by atoms with van der Waals surface area (Å²) in [5, 5.41) is 4.43. The van der Waals surface area contributed by atoms with Crippen molar-refractivity contribution in [3.05, 3.63) is 68.9 Å². The molecule has 1 heterocycles. The van der Waals surface area contributed by atoms with E-state index in [1.54, 1.807) is 11.8 Å². The number of para-hydroxylation sites is 1. The van der Waals surface area contributed by atoms with Gasteiger partial charge in [0.25, 0.3) is 0 Å². The molecule has 0 bridgehead atoms. The third-order valence-corrected chi connectivity index (χ3v) is 4.65. The number of ether oxygens (including phenoxy) is 1. The smallest absolute Gasteiger partial charge is 0.184 e. The van der Waals surface area contributed by atoms with Crippen LogP contribution in [-0.2, 0) is 0 Å². The van der Waals surface area contributed by atoms with Gasteiger partial charge in [0.1, 0.15) is 5.75 Å². The summed E-state index contributed by atoms with van der Waals surface area (Å²) >= 11 is 6.71. The van der Waals surface area contributed by atoms with Gasteiger partial charge in [-0.3, -0.25) is 4.79 Å². The van der Waals surface area contributed by atoms with Crippen LogP contribution in [0.2, 0.25) is 0 Å². The second-order valence-corrected chi connectivity index (χ2v) is 6.76. The quantitative estimate of drug-likeness (QED) is 0.513. The molecule has 0 aliphatic carbocycles. The summed E-state index contributed by atoms with van der Waals surface area (Å²) in [7, 11) is 1.61. The summed E-state index contributed by atoms with van der Waals surface area (Å²) in [6, 6.07) is 16.7. The average Bonchev–Trinajstić information content (AvgIpc) is 2.63. The Labute approximate surface area is 153 Å². The van der Waals surface area contributed by atoms with Crippen LogP contribution in [0, 0.1) is 3.95 Å². The van der Waals surface area contributed by atoms with E-state index in [9.17, 15) is 4.79 Å². The molecular formula is C18H15N3O2S2. The number of rotatable bonds is 4. The fourth-order valence-electron chi connectivity index (χ4n) is 2.16. The third kappa shape index (κ3) is 3.89. The van der Waals surface area contributed by atoms with E-state index in [4.69, 9.17) is 17.0 Å². The monoisotopic (exact) mass is 369 g/mol.